The van der Waals surface area contributed by atoms with Crippen molar-refractivity contribution in [3.8, 4) is 12.1 Å². The van der Waals surface area contributed by atoms with Gasteiger partial charge in [-0.15, -0.1) is 0 Å². The van der Waals surface area contributed by atoms with Gasteiger partial charge in [0.1, 0.15) is 34.4 Å². The predicted octanol–water partition coefficient (Wildman–Crippen LogP) is 10.1. The van der Waals surface area contributed by atoms with Gasteiger partial charge in [0.15, 0.2) is 11.2 Å². The molecule has 0 spiro atoms. The summed E-state index contributed by atoms with van der Waals surface area (Å²) in [6.45, 7) is 11.9. The number of hydrogen-bond acceptors (Lipinski definition) is 4. The molecule has 40 heavy (non-hydrogen) atoms. The van der Waals surface area contributed by atoms with E-state index in [1.165, 1.54) is 0 Å². The molecule has 0 radical (unpaired) electrons. The number of rotatable bonds is 0. The molecule has 0 amide bonds. The Morgan fingerprint density at radius 3 is 1.38 bits per heavy atom. The quantitative estimate of drug-likeness (QED) is 0.197. The molecule has 0 saturated carbocycles. The molecule has 5 aromatic carbocycles. The fourth-order valence-electron chi connectivity index (χ4n) is 5.73. The molecule has 4 nitrogen and oxygen atoms in total. The predicted molar refractivity (Wildman–Crippen MR) is 163 cm³/mol. The average Bonchev–Trinajstić information content (AvgIpc) is 2.91. The lowest BCUT2D eigenvalue weighted by Crippen LogP contribution is -2.25. The van der Waals surface area contributed by atoms with E-state index in [4.69, 9.17) is 14.3 Å². The van der Waals surface area contributed by atoms with Gasteiger partial charge in [-0.05, 0) is 55.6 Å². The van der Waals surface area contributed by atoms with Gasteiger partial charge in [0.25, 0.3) is 0 Å². The summed E-state index contributed by atoms with van der Waals surface area (Å²) < 4.78 is 48.0. The molecule has 4 heteroatoms. The Labute approximate surface area is 239 Å². The third-order valence-corrected chi connectivity index (χ3v) is 7.29. The Kier molecular flexibility index (Phi) is 4.67. The van der Waals surface area contributed by atoms with Crippen LogP contribution in [0.25, 0.3) is 54.6 Å². The second kappa shape index (κ2) is 8.87. The lowest BCUT2D eigenvalue weighted by Gasteiger charge is -2.32. The normalized spacial score (nSPS) is 13.6. The summed E-state index contributed by atoms with van der Waals surface area (Å²) in [5.74, 6) is 0. The van der Waals surface area contributed by atoms with Crippen LogP contribution in [0.5, 0.6) is 0 Å². The number of benzene rings is 5. The molecular weight excluding hydrogens is 492 g/mol. The lowest BCUT2D eigenvalue weighted by molar-refractivity contribution is 0.523. The molecule has 6 rings (SSSR count). The highest BCUT2D eigenvalue weighted by atomic mass is 16.4. The van der Waals surface area contributed by atoms with Crippen molar-refractivity contribution in [3.05, 3.63) is 95.0 Å². The van der Waals surface area contributed by atoms with Crippen molar-refractivity contribution in [2.45, 2.75) is 52.4 Å². The van der Waals surface area contributed by atoms with Gasteiger partial charge in [-0.3, -0.25) is 0 Å². The summed E-state index contributed by atoms with van der Waals surface area (Å²) in [4.78, 5) is 0. The molecule has 0 saturated heterocycles. The molecule has 0 fully saturated rings. The van der Waals surface area contributed by atoms with Crippen LogP contribution in [0, 0.1) is 22.7 Å². The van der Waals surface area contributed by atoms with Gasteiger partial charge in [0.05, 0.1) is 5.48 Å². The van der Waals surface area contributed by atoms with Gasteiger partial charge in [-0.25, -0.2) is 0 Å². The monoisotopic (exact) mass is 526 g/mol. The van der Waals surface area contributed by atoms with E-state index in [-0.39, 0.29) is 57.6 Å². The first kappa shape index (κ1) is 21.1. The molecular formula is C36H30N2O2. The van der Waals surface area contributed by atoms with E-state index in [9.17, 15) is 10.5 Å². The molecule has 0 bridgehead atoms. The van der Waals surface area contributed by atoms with Crippen molar-refractivity contribution in [2.75, 3.05) is 0 Å². The highest BCUT2D eigenvalue weighted by molar-refractivity contribution is 6.24. The second-order valence-corrected chi connectivity index (χ2v) is 12.1. The minimum Gasteiger partial charge on any atom is -0.451 e. The Bertz CT molecular complexity index is 2200. The Balaban J connectivity index is 2.11. The fraction of sp³-hybridized carbons (Fsp3) is 0.222. The highest BCUT2D eigenvalue weighted by Crippen LogP contribution is 2.44. The maximum absolute atomic E-state index is 10.7. The Morgan fingerprint density at radius 1 is 0.625 bits per heavy atom. The molecule has 0 aliphatic rings. The number of nitriles is 2. The SMILES string of the molecule is [2H]c1ccc2c(c1)cc([2H])c1oc3c(C#N)c(C(C)(C)C)c(C(C)(C)C)c(C#N)c3oc3c([2H])cc4cc([2H])ccc4c3c12. The first-order valence-electron chi connectivity index (χ1n) is 15.1. The van der Waals surface area contributed by atoms with E-state index in [0.29, 0.717) is 43.4 Å². The topological polar surface area (TPSA) is 73.9 Å². The highest BCUT2D eigenvalue weighted by Gasteiger charge is 2.35. The van der Waals surface area contributed by atoms with Gasteiger partial charge >= 0.3 is 0 Å². The molecule has 0 unspecified atom stereocenters. The van der Waals surface area contributed by atoms with E-state index in [2.05, 4.69) is 12.1 Å². The standard InChI is InChI=1S/C36H30N2O2/c1-35(2,3)31-25(19-37)33-34(26(20-38)32(31)36(4,5)6)40-28-18-16-22-12-8-10-14-24(22)30(28)29-23-13-9-7-11-21(23)15-17-27(29)39-33/h7-18H,1-6H3/i7D,8D,17D,18D. The maximum atomic E-state index is 10.7. The van der Waals surface area contributed by atoms with E-state index >= 15 is 0 Å². The smallest absolute Gasteiger partial charge is 0.189 e. The first-order chi connectivity index (χ1) is 20.6. The zero-order chi connectivity index (χ0) is 31.9. The van der Waals surface area contributed by atoms with Crippen molar-refractivity contribution < 1.29 is 14.3 Å². The van der Waals surface area contributed by atoms with Gasteiger partial charge in [0.2, 0.25) is 0 Å². The van der Waals surface area contributed by atoms with Crippen LogP contribution in [-0.4, -0.2) is 0 Å². The Morgan fingerprint density at radius 2 is 1.02 bits per heavy atom. The molecule has 0 aliphatic carbocycles. The van der Waals surface area contributed by atoms with Crippen LogP contribution < -0.4 is 0 Å². The summed E-state index contributed by atoms with van der Waals surface area (Å²) in [6, 6.07) is 18.7. The van der Waals surface area contributed by atoms with Gasteiger partial charge < -0.3 is 8.83 Å². The number of hydrogen-bond donors (Lipinski definition) is 0. The molecule has 1 aromatic heterocycles. The van der Waals surface area contributed by atoms with Gasteiger partial charge in [0, 0.05) is 10.8 Å². The van der Waals surface area contributed by atoms with Crippen LogP contribution in [0.3, 0.4) is 0 Å². The minimum atomic E-state index is -0.566. The zero-order valence-electron chi connectivity index (χ0n) is 27.3. The zero-order valence-corrected chi connectivity index (χ0v) is 23.3. The summed E-state index contributed by atoms with van der Waals surface area (Å²) in [5.41, 5.74) is 0.945. The van der Waals surface area contributed by atoms with Crippen LogP contribution >= 0.6 is 0 Å². The summed E-state index contributed by atoms with van der Waals surface area (Å²) in [5, 5.41) is 25.0. The maximum Gasteiger partial charge on any atom is 0.189 e. The van der Waals surface area contributed by atoms with E-state index in [0.717, 1.165) is 0 Å². The number of nitrogens with zero attached hydrogens (tertiary/aromatic N) is 2. The molecule has 0 N–H and O–H groups in total. The van der Waals surface area contributed by atoms with Crippen LogP contribution in [-0.2, 0) is 10.8 Å². The lowest BCUT2D eigenvalue weighted by atomic mass is 9.71. The second-order valence-electron chi connectivity index (χ2n) is 12.1. The van der Waals surface area contributed by atoms with Crippen molar-refractivity contribution in [2.24, 2.45) is 0 Å². The fourth-order valence-corrected chi connectivity index (χ4v) is 5.73. The summed E-state index contributed by atoms with van der Waals surface area (Å²) >= 11 is 0. The van der Waals surface area contributed by atoms with Crippen LogP contribution in [0.1, 0.15) is 69.3 Å². The Hall–Kier alpha value is -4.80. The van der Waals surface area contributed by atoms with E-state index in [1.54, 1.807) is 48.5 Å². The minimum absolute atomic E-state index is 0.0112. The molecule has 0 aliphatic heterocycles. The number of fused-ring (bicyclic) bond motifs is 8. The van der Waals surface area contributed by atoms with Gasteiger partial charge in [-0.1, -0.05) is 102 Å². The van der Waals surface area contributed by atoms with E-state index in [1.807, 2.05) is 41.5 Å². The summed E-state index contributed by atoms with van der Waals surface area (Å²) in [7, 11) is 0. The van der Waals surface area contributed by atoms with Crippen LogP contribution in [0.15, 0.2) is 81.5 Å². The molecule has 0 atom stereocenters. The third kappa shape index (κ3) is 3.80. The van der Waals surface area contributed by atoms with Gasteiger partial charge in [-0.2, -0.15) is 10.5 Å². The molecule has 196 valence electrons. The third-order valence-electron chi connectivity index (χ3n) is 7.29. The summed E-state index contributed by atoms with van der Waals surface area (Å²) in [6.07, 6.45) is 0. The largest absolute Gasteiger partial charge is 0.451 e. The van der Waals surface area contributed by atoms with Crippen LogP contribution in [0.4, 0.5) is 0 Å². The first-order valence-corrected chi connectivity index (χ1v) is 13.1. The van der Waals surface area contributed by atoms with Crippen molar-refractivity contribution >= 4 is 54.6 Å². The molecule has 1 heterocycles. The average molecular weight is 527 g/mol. The van der Waals surface area contributed by atoms with Crippen LogP contribution in [0.2, 0.25) is 0 Å². The van der Waals surface area contributed by atoms with Crippen molar-refractivity contribution in [1.29, 1.82) is 10.5 Å². The van der Waals surface area contributed by atoms with Crippen molar-refractivity contribution in [3.63, 3.8) is 0 Å². The van der Waals surface area contributed by atoms with E-state index < -0.39 is 10.8 Å². The van der Waals surface area contributed by atoms with Crippen molar-refractivity contribution in [1.82, 2.24) is 0 Å². The molecule has 6 aromatic rings.